The van der Waals surface area contributed by atoms with Crippen molar-refractivity contribution in [1.82, 2.24) is 0 Å². The molecule has 11 aromatic carbocycles. The molecule has 0 radical (unpaired) electrons. The van der Waals surface area contributed by atoms with E-state index >= 15 is 0 Å². The molecule has 0 aliphatic heterocycles. The zero-order chi connectivity index (χ0) is 44.1. The smallest absolute Gasteiger partial charge is 0.0462 e. The van der Waals surface area contributed by atoms with Crippen molar-refractivity contribution in [2.45, 2.75) is 0 Å². The van der Waals surface area contributed by atoms with Crippen molar-refractivity contribution in [1.29, 1.82) is 0 Å². The highest BCUT2D eigenvalue weighted by molar-refractivity contribution is 5.88. The molecule has 312 valence electrons. The van der Waals surface area contributed by atoms with Crippen LogP contribution in [0.25, 0.3) is 66.4 Å². The van der Waals surface area contributed by atoms with Crippen LogP contribution in [0, 0.1) is 0 Å². The zero-order valence-corrected chi connectivity index (χ0v) is 36.5. The van der Waals surface area contributed by atoms with Crippen molar-refractivity contribution in [3.05, 3.63) is 279 Å². The average Bonchev–Trinajstić information content (AvgIpc) is 3.41. The lowest BCUT2D eigenvalue weighted by Crippen LogP contribution is -2.10. The van der Waals surface area contributed by atoms with Crippen LogP contribution in [-0.2, 0) is 0 Å². The van der Waals surface area contributed by atoms with Gasteiger partial charge < -0.3 is 9.80 Å². The van der Waals surface area contributed by atoms with Crippen LogP contribution in [-0.4, -0.2) is 0 Å². The summed E-state index contributed by atoms with van der Waals surface area (Å²) in [6, 6.07) is 100. The van der Waals surface area contributed by atoms with Gasteiger partial charge in [-0.2, -0.15) is 0 Å². The van der Waals surface area contributed by atoms with Gasteiger partial charge in [-0.15, -0.1) is 0 Å². The molecule has 0 aromatic heterocycles. The largest absolute Gasteiger partial charge is 0.311 e. The van der Waals surface area contributed by atoms with Crippen LogP contribution in [0.3, 0.4) is 0 Å². The minimum absolute atomic E-state index is 1.09. The SMILES string of the molecule is c1ccc(-c2ccc(N(c3ccc(-c4ccccc4)cc3)c3ccc(-c4ccc(N(c5ccc(-c6ccccc6)cc5)c5ccc(-c6ccc7ccccc7c6)cc5)cc4)cc3)cc2)cc1. The van der Waals surface area contributed by atoms with Crippen LogP contribution in [0.5, 0.6) is 0 Å². The van der Waals surface area contributed by atoms with E-state index in [0.29, 0.717) is 0 Å². The Bertz CT molecular complexity index is 3250. The molecule has 0 fully saturated rings. The Morgan fingerprint density at radius 1 is 0.152 bits per heavy atom. The molecule has 2 nitrogen and oxygen atoms in total. The van der Waals surface area contributed by atoms with E-state index in [2.05, 4.69) is 289 Å². The van der Waals surface area contributed by atoms with Crippen molar-refractivity contribution in [3.63, 3.8) is 0 Å². The molecule has 0 saturated carbocycles. The summed E-state index contributed by atoms with van der Waals surface area (Å²) in [5, 5.41) is 2.49. The minimum atomic E-state index is 1.09. The topological polar surface area (TPSA) is 6.48 Å². The number of nitrogens with zero attached hydrogens (tertiary/aromatic N) is 2. The number of benzene rings is 11. The molecular weight excluding hydrogens is 797 g/mol. The molecule has 11 rings (SSSR count). The first kappa shape index (κ1) is 40.1. The van der Waals surface area contributed by atoms with Crippen molar-refractivity contribution in [2.75, 3.05) is 9.80 Å². The molecule has 11 aromatic rings. The van der Waals surface area contributed by atoms with E-state index in [1.54, 1.807) is 0 Å². The van der Waals surface area contributed by atoms with Gasteiger partial charge >= 0.3 is 0 Å². The van der Waals surface area contributed by atoms with Crippen molar-refractivity contribution in [2.24, 2.45) is 0 Å². The summed E-state index contributed by atoms with van der Waals surface area (Å²) in [5.41, 5.74) is 18.5. The third-order valence-corrected chi connectivity index (χ3v) is 12.5. The van der Waals surface area contributed by atoms with Crippen LogP contribution in [0.1, 0.15) is 0 Å². The highest BCUT2D eigenvalue weighted by atomic mass is 15.1. The Kier molecular flexibility index (Phi) is 11.0. The first-order valence-corrected chi connectivity index (χ1v) is 22.6. The molecule has 0 spiro atoms. The predicted octanol–water partition coefficient (Wildman–Crippen LogP) is 18.1. The Balaban J connectivity index is 0.905. The lowest BCUT2D eigenvalue weighted by molar-refractivity contribution is 1.28. The summed E-state index contributed by atoms with van der Waals surface area (Å²) >= 11 is 0. The van der Waals surface area contributed by atoms with Gasteiger partial charge in [-0.25, -0.2) is 0 Å². The third-order valence-electron chi connectivity index (χ3n) is 12.5. The van der Waals surface area contributed by atoms with Gasteiger partial charge in [0.1, 0.15) is 0 Å². The summed E-state index contributed by atoms with van der Waals surface area (Å²) in [7, 11) is 0. The molecule has 0 aliphatic rings. The highest BCUT2D eigenvalue weighted by Crippen LogP contribution is 2.40. The Hall–Kier alpha value is -8.72. The van der Waals surface area contributed by atoms with E-state index in [-0.39, 0.29) is 0 Å². The Morgan fingerprint density at radius 2 is 0.364 bits per heavy atom. The van der Waals surface area contributed by atoms with Crippen molar-refractivity contribution >= 4 is 44.9 Å². The van der Waals surface area contributed by atoms with Crippen LogP contribution < -0.4 is 9.80 Å². The minimum Gasteiger partial charge on any atom is -0.311 e. The Morgan fingerprint density at radius 3 is 0.652 bits per heavy atom. The number of rotatable bonds is 11. The lowest BCUT2D eigenvalue weighted by atomic mass is 10.0. The molecule has 0 atom stereocenters. The van der Waals surface area contributed by atoms with Gasteiger partial charge in [-0.1, -0.05) is 200 Å². The molecule has 0 unspecified atom stereocenters. The van der Waals surface area contributed by atoms with Crippen LogP contribution in [0.2, 0.25) is 0 Å². The predicted molar refractivity (Wildman–Crippen MR) is 280 cm³/mol. The molecule has 0 bridgehead atoms. The standard InChI is InChI=1S/C64H46N2/c1-4-12-47(13-5-1)51-22-34-59(35-23-51)65(60-36-24-52(25-37-60)48-14-6-2-7-15-48)62-40-28-54(29-41-62)55-30-42-63(43-31-55)66(61-38-26-53(27-39-61)49-16-8-3-9-17-49)64-44-32-56(33-45-64)58-21-20-50-18-10-11-19-57(50)46-58/h1-46H. The fourth-order valence-corrected chi connectivity index (χ4v) is 8.97. The van der Waals surface area contributed by atoms with E-state index in [9.17, 15) is 0 Å². The summed E-state index contributed by atoms with van der Waals surface area (Å²) in [5.74, 6) is 0. The van der Waals surface area contributed by atoms with E-state index in [4.69, 9.17) is 0 Å². The van der Waals surface area contributed by atoms with Gasteiger partial charge in [0.2, 0.25) is 0 Å². The molecule has 2 heteroatoms. The average molecular weight is 843 g/mol. The quantitative estimate of drug-likeness (QED) is 0.128. The van der Waals surface area contributed by atoms with Gasteiger partial charge in [0, 0.05) is 34.1 Å². The van der Waals surface area contributed by atoms with Gasteiger partial charge in [0.15, 0.2) is 0 Å². The summed E-state index contributed by atoms with van der Waals surface area (Å²) in [4.78, 5) is 4.68. The molecule has 66 heavy (non-hydrogen) atoms. The number of anilines is 6. The maximum absolute atomic E-state index is 2.34. The third kappa shape index (κ3) is 8.40. The van der Waals surface area contributed by atoms with E-state index in [1.165, 1.54) is 55.3 Å². The first-order valence-electron chi connectivity index (χ1n) is 22.6. The monoisotopic (exact) mass is 842 g/mol. The van der Waals surface area contributed by atoms with E-state index in [1.807, 2.05) is 0 Å². The van der Waals surface area contributed by atoms with Crippen LogP contribution in [0.15, 0.2) is 279 Å². The van der Waals surface area contributed by atoms with Gasteiger partial charge in [-0.05, 0) is 145 Å². The fraction of sp³-hybridized carbons (Fsp3) is 0. The molecule has 0 heterocycles. The van der Waals surface area contributed by atoms with E-state index in [0.717, 1.165) is 45.3 Å². The van der Waals surface area contributed by atoms with Crippen LogP contribution in [0.4, 0.5) is 34.1 Å². The molecule has 0 aliphatic carbocycles. The first-order chi connectivity index (χ1) is 32.7. The van der Waals surface area contributed by atoms with E-state index < -0.39 is 0 Å². The van der Waals surface area contributed by atoms with Gasteiger partial charge in [0.25, 0.3) is 0 Å². The number of hydrogen-bond donors (Lipinski definition) is 0. The van der Waals surface area contributed by atoms with Crippen molar-refractivity contribution in [3.8, 4) is 55.6 Å². The molecule has 0 N–H and O–H groups in total. The number of fused-ring (bicyclic) bond motifs is 1. The second-order valence-corrected chi connectivity index (χ2v) is 16.6. The molecular formula is C64H46N2. The number of hydrogen-bond acceptors (Lipinski definition) is 2. The second kappa shape index (κ2) is 18.2. The van der Waals surface area contributed by atoms with Crippen LogP contribution >= 0.6 is 0 Å². The maximum atomic E-state index is 2.34. The lowest BCUT2D eigenvalue weighted by Gasteiger charge is -2.27. The second-order valence-electron chi connectivity index (χ2n) is 16.6. The summed E-state index contributed by atoms with van der Waals surface area (Å²) < 4.78 is 0. The fourth-order valence-electron chi connectivity index (χ4n) is 8.97. The van der Waals surface area contributed by atoms with Crippen molar-refractivity contribution < 1.29 is 0 Å². The molecule has 0 amide bonds. The maximum Gasteiger partial charge on any atom is 0.0462 e. The highest BCUT2D eigenvalue weighted by Gasteiger charge is 2.16. The Labute approximate surface area is 387 Å². The zero-order valence-electron chi connectivity index (χ0n) is 36.5. The summed E-state index contributed by atoms with van der Waals surface area (Å²) in [6.07, 6.45) is 0. The summed E-state index contributed by atoms with van der Waals surface area (Å²) in [6.45, 7) is 0. The normalized spacial score (nSPS) is 11.0. The van der Waals surface area contributed by atoms with Gasteiger partial charge in [0.05, 0.1) is 0 Å². The van der Waals surface area contributed by atoms with Gasteiger partial charge in [-0.3, -0.25) is 0 Å². The molecule has 0 saturated heterocycles.